The summed E-state index contributed by atoms with van der Waals surface area (Å²) in [7, 11) is 0. The highest BCUT2D eigenvalue weighted by Gasteiger charge is 2.11. The van der Waals surface area contributed by atoms with E-state index in [0.29, 0.717) is 22.5 Å². The molecule has 0 amide bonds. The van der Waals surface area contributed by atoms with E-state index in [4.69, 9.17) is 4.42 Å². The van der Waals surface area contributed by atoms with E-state index in [1.54, 1.807) is 0 Å². The van der Waals surface area contributed by atoms with Crippen molar-refractivity contribution in [2.45, 2.75) is 20.3 Å². The van der Waals surface area contributed by atoms with Crippen molar-refractivity contribution in [3.63, 3.8) is 0 Å². The Morgan fingerprint density at radius 2 is 1.74 bits per heavy atom. The van der Waals surface area contributed by atoms with Crippen LogP contribution < -0.4 is 5.43 Å². The van der Waals surface area contributed by atoms with Gasteiger partial charge >= 0.3 is 0 Å². The molecule has 2 nitrogen and oxygen atoms in total. The molecule has 0 aliphatic carbocycles. The second-order valence-corrected chi connectivity index (χ2v) is 5.32. The molecule has 3 aromatic rings. The quantitative estimate of drug-likeness (QED) is 0.641. The van der Waals surface area contributed by atoms with Crippen LogP contribution in [0.15, 0.2) is 51.7 Å². The molecular weight excluding hydrogens is 236 g/mol. The zero-order chi connectivity index (χ0) is 13.4. The van der Waals surface area contributed by atoms with Gasteiger partial charge in [-0.05, 0) is 36.1 Å². The van der Waals surface area contributed by atoms with Crippen molar-refractivity contribution in [2.24, 2.45) is 5.92 Å². The van der Waals surface area contributed by atoms with Gasteiger partial charge in [-0.2, -0.15) is 0 Å². The molecule has 0 N–H and O–H groups in total. The van der Waals surface area contributed by atoms with Gasteiger partial charge in [0.25, 0.3) is 0 Å². The van der Waals surface area contributed by atoms with E-state index in [-0.39, 0.29) is 5.43 Å². The van der Waals surface area contributed by atoms with Crippen LogP contribution >= 0.6 is 0 Å². The van der Waals surface area contributed by atoms with Crippen LogP contribution in [0.5, 0.6) is 0 Å². The van der Waals surface area contributed by atoms with Crippen molar-refractivity contribution >= 4 is 21.9 Å². The lowest BCUT2D eigenvalue weighted by Crippen LogP contribution is -2.06. The van der Waals surface area contributed by atoms with E-state index >= 15 is 0 Å². The first-order valence-corrected chi connectivity index (χ1v) is 6.60. The van der Waals surface area contributed by atoms with Crippen LogP contribution in [0.3, 0.4) is 0 Å². The van der Waals surface area contributed by atoms with E-state index in [1.807, 2.05) is 42.5 Å². The van der Waals surface area contributed by atoms with Crippen molar-refractivity contribution in [3.8, 4) is 0 Å². The van der Waals surface area contributed by atoms with Gasteiger partial charge in [0.2, 0.25) is 5.43 Å². The Labute approximate surface area is 111 Å². The molecule has 3 rings (SSSR count). The Morgan fingerprint density at radius 3 is 2.53 bits per heavy atom. The normalized spacial score (nSPS) is 11.5. The minimum Gasteiger partial charge on any atom is -0.456 e. The van der Waals surface area contributed by atoms with Crippen LogP contribution in [-0.2, 0) is 6.42 Å². The SMILES string of the molecule is CC(C)Cc1cccc2oc3ccccc3c(=O)c12. The zero-order valence-electron chi connectivity index (χ0n) is 11.1. The number of para-hydroxylation sites is 1. The summed E-state index contributed by atoms with van der Waals surface area (Å²) in [6, 6.07) is 13.3. The van der Waals surface area contributed by atoms with Gasteiger partial charge in [0, 0.05) is 0 Å². The van der Waals surface area contributed by atoms with Crippen LogP contribution in [0.2, 0.25) is 0 Å². The first-order valence-electron chi connectivity index (χ1n) is 6.60. The van der Waals surface area contributed by atoms with Crippen LogP contribution in [0.25, 0.3) is 21.9 Å². The summed E-state index contributed by atoms with van der Waals surface area (Å²) in [6.07, 6.45) is 0.889. The zero-order valence-corrected chi connectivity index (χ0v) is 11.1. The minimum atomic E-state index is 0.0769. The molecule has 0 unspecified atom stereocenters. The Morgan fingerprint density at radius 1 is 1.00 bits per heavy atom. The number of hydrogen-bond donors (Lipinski definition) is 0. The van der Waals surface area contributed by atoms with Gasteiger partial charge in [0.15, 0.2) is 0 Å². The summed E-state index contributed by atoms with van der Waals surface area (Å²) in [5.41, 5.74) is 2.49. The van der Waals surface area contributed by atoms with Crippen LogP contribution in [0.1, 0.15) is 19.4 Å². The first-order chi connectivity index (χ1) is 9.16. The molecule has 1 heterocycles. The Kier molecular flexibility index (Phi) is 2.86. The summed E-state index contributed by atoms with van der Waals surface area (Å²) in [6.45, 7) is 4.31. The molecule has 0 saturated carbocycles. The highest BCUT2D eigenvalue weighted by molar-refractivity contribution is 5.91. The van der Waals surface area contributed by atoms with Gasteiger partial charge in [0.05, 0.1) is 10.8 Å². The minimum absolute atomic E-state index is 0.0769. The van der Waals surface area contributed by atoms with Gasteiger partial charge in [-0.1, -0.05) is 38.1 Å². The molecule has 0 fully saturated rings. The second-order valence-electron chi connectivity index (χ2n) is 5.32. The molecule has 2 aromatic carbocycles. The average molecular weight is 252 g/mol. The third-order valence-corrected chi connectivity index (χ3v) is 3.32. The molecule has 0 aliphatic heterocycles. The lowest BCUT2D eigenvalue weighted by atomic mass is 9.98. The Bertz CT molecular complexity index is 797. The molecule has 96 valence electrons. The maximum absolute atomic E-state index is 12.6. The van der Waals surface area contributed by atoms with Crippen LogP contribution in [0, 0.1) is 5.92 Å². The molecule has 0 spiro atoms. The smallest absolute Gasteiger partial charge is 0.200 e. The molecule has 0 saturated heterocycles. The third-order valence-electron chi connectivity index (χ3n) is 3.32. The van der Waals surface area contributed by atoms with Gasteiger partial charge in [-0.3, -0.25) is 4.79 Å². The largest absolute Gasteiger partial charge is 0.456 e. The highest BCUT2D eigenvalue weighted by atomic mass is 16.3. The summed E-state index contributed by atoms with van der Waals surface area (Å²) < 4.78 is 5.85. The van der Waals surface area contributed by atoms with Crippen molar-refractivity contribution in [3.05, 3.63) is 58.3 Å². The standard InChI is InChI=1S/C17H16O2/c1-11(2)10-12-6-5-9-15-16(12)17(18)13-7-3-4-8-14(13)19-15/h3-9,11H,10H2,1-2H3. The van der Waals surface area contributed by atoms with Crippen molar-refractivity contribution in [1.82, 2.24) is 0 Å². The fourth-order valence-electron chi connectivity index (χ4n) is 2.53. The van der Waals surface area contributed by atoms with E-state index in [9.17, 15) is 4.79 Å². The van der Waals surface area contributed by atoms with E-state index < -0.39 is 0 Å². The number of fused-ring (bicyclic) bond motifs is 2. The monoisotopic (exact) mass is 252 g/mol. The van der Waals surface area contributed by atoms with Crippen molar-refractivity contribution in [1.29, 1.82) is 0 Å². The predicted octanol–water partition coefficient (Wildman–Crippen LogP) is 4.14. The number of rotatable bonds is 2. The van der Waals surface area contributed by atoms with Crippen LogP contribution in [-0.4, -0.2) is 0 Å². The van der Waals surface area contributed by atoms with E-state index in [1.165, 1.54) is 0 Å². The fraction of sp³-hybridized carbons (Fsp3) is 0.235. The summed E-state index contributed by atoms with van der Waals surface area (Å²) in [4.78, 5) is 12.6. The maximum atomic E-state index is 12.6. The Balaban J connectivity index is 2.42. The van der Waals surface area contributed by atoms with Gasteiger partial charge < -0.3 is 4.42 Å². The predicted molar refractivity (Wildman–Crippen MR) is 78.5 cm³/mol. The third kappa shape index (κ3) is 2.03. The molecule has 1 aromatic heterocycles. The topological polar surface area (TPSA) is 30.2 Å². The molecule has 0 bridgehead atoms. The molecule has 0 aliphatic rings. The molecular formula is C17H16O2. The lowest BCUT2D eigenvalue weighted by Gasteiger charge is -2.08. The average Bonchev–Trinajstić information content (AvgIpc) is 2.38. The molecule has 0 atom stereocenters. The van der Waals surface area contributed by atoms with Crippen molar-refractivity contribution < 1.29 is 4.42 Å². The van der Waals surface area contributed by atoms with Gasteiger partial charge in [-0.25, -0.2) is 0 Å². The fourth-order valence-corrected chi connectivity index (χ4v) is 2.53. The summed E-state index contributed by atoms with van der Waals surface area (Å²) >= 11 is 0. The van der Waals surface area contributed by atoms with Crippen LogP contribution in [0.4, 0.5) is 0 Å². The Hall–Kier alpha value is -2.09. The van der Waals surface area contributed by atoms with Gasteiger partial charge in [-0.15, -0.1) is 0 Å². The highest BCUT2D eigenvalue weighted by Crippen LogP contribution is 2.22. The summed E-state index contributed by atoms with van der Waals surface area (Å²) in [5, 5.41) is 1.39. The molecule has 2 heteroatoms. The molecule has 0 radical (unpaired) electrons. The van der Waals surface area contributed by atoms with E-state index in [0.717, 1.165) is 17.4 Å². The number of benzene rings is 2. The lowest BCUT2D eigenvalue weighted by molar-refractivity contribution is 0.643. The van der Waals surface area contributed by atoms with Crippen molar-refractivity contribution in [2.75, 3.05) is 0 Å². The summed E-state index contributed by atoms with van der Waals surface area (Å²) in [5.74, 6) is 0.511. The maximum Gasteiger partial charge on any atom is 0.200 e. The first kappa shape index (κ1) is 12.0. The van der Waals surface area contributed by atoms with E-state index in [2.05, 4.69) is 13.8 Å². The molecule has 19 heavy (non-hydrogen) atoms. The number of hydrogen-bond acceptors (Lipinski definition) is 2. The second kappa shape index (κ2) is 4.54. The van der Waals surface area contributed by atoms with Gasteiger partial charge in [0.1, 0.15) is 11.2 Å².